The first-order chi connectivity index (χ1) is 9.67. The number of carbonyl (C=O) groups excluding carboxylic acids is 1. The maximum Gasteiger partial charge on any atom is 0.417 e. The van der Waals surface area contributed by atoms with E-state index < -0.39 is 27.5 Å². The van der Waals surface area contributed by atoms with Crippen molar-refractivity contribution in [2.24, 2.45) is 11.8 Å². The van der Waals surface area contributed by atoms with Crippen LogP contribution in [-0.2, 0) is 16.0 Å². The van der Waals surface area contributed by atoms with E-state index in [0.29, 0.717) is 13.1 Å². The number of hydrogen-bond acceptors (Lipinski definition) is 4. The van der Waals surface area contributed by atoms with Crippen molar-refractivity contribution in [3.05, 3.63) is 21.9 Å². The Morgan fingerprint density at radius 1 is 1.19 bits per heavy atom. The van der Waals surface area contributed by atoms with Gasteiger partial charge in [-0.2, -0.15) is 24.5 Å². The number of halogens is 3. The number of nitrogens with zero attached hydrogens (tertiary/aromatic N) is 1. The van der Waals surface area contributed by atoms with E-state index in [1.807, 2.05) is 0 Å². The van der Waals surface area contributed by atoms with E-state index in [1.165, 1.54) is 10.3 Å². The Bertz CT molecular complexity index is 662. The molecule has 2 aliphatic rings. The van der Waals surface area contributed by atoms with Crippen molar-refractivity contribution >= 4 is 27.1 Å². The number of alkyl halides is 3. The molecule has 21 heavy (non-hydrogen) atoms. The summed E-state index contributed by atoms with van der Waals surface area (Å²) in [7, 11) is -2.91. The fourth-order valence-corrected chi connectivity index (χ4v) is 5.28. The monoisotopic (exact) mass is 339 g/mol. The van der Waals surface area contributed by atoms with Gasteiger partial charge >= 0.3 is 6.18 Å². The number of sulfone groups is 1. The topological polar surface area (TPSA) is 54.5 Å². The van der Waals surface area contributed by atoms with Crippen molar-refractivity contribution < 1.29 is 26.4 Å². The summed E-state index contributed by atoms with van der Waals surface area (Å²) in [6.45, 7) is 0.679. The highest BCUT2D eigenvalue weighted by atomic mass is 32.2. The third kappa shape index (κ3) is 2.68. The molecule has 0 saturated carbocycles. The molecule has 116 valence electrons. The number of rotatable bonds is 2. The second kappa shape index (κ2) is 4.70. The summed E-state index contributed by atoms with van der Waals surface area (Å²) in [5.41, 5.74) is -1.21. The molecule has 3 heterocycles. The minimum absolute atomic E-state index is 0.0450. The van der Waals surface area contributed by atoms with Crippen LogP contribution in [0.4, 0.5) is 13.2 Å². The predicted molar refractivity (Wildman–Crippen MR) is 70.9 cm³/mol. The van der Waals surface area contributed by atoms with Crippen molar-refractivity contribution in [3.8, 4) is 0 Å². The Kier molecular flexibility index (Phi) is 3.32. The van der Waals surface area contributed by atoms with Crippen LogP contribution in [0.15, 0.2) is 10.8 Å². The summed E-state index contributed by atoms with van der Waals surface area (Å²) in [4.78, 5) is 13.4. The van der Waals surface area contributed by atoms with E-state index in [4.69, 9.17) is 0 Å². The lowest BCUT2D eigenvalue weighted by Gasteiger charge is -2.46. The van der Waals surface area contributed by atoms with Gasteiger partial charge in [-0.15, -0.1) is 0 Å². The SMILES string of the molecule is O=C(c1cscc1C(F)(F)F)N1CC(C2CS(=O)(=O)C2)C1. The molecule has 0 bridgehead atoms. The molecule has 0 aromatic carbocycles. The van der Waals surface area contributed by atoms with Gasteiger partial charge in [0.2, 0.25) is 0 Å². The minimum atomic E-state index is -4.53. The third-order valence-electron chi connectivity index (χ3n) is 4.00. The van der Waals surface area contributed by atoms with E-state index in [2.05, 4.69) is 0 Å². The third-order valence-corrected chi connectivity index (χ3v) is 6.61. The summed E-state index contributed by atoms with van der Waals surface area (Å²) in [6, 6.07) is 0. The van der Waals surface area contributed by atoms with Gasteiger partial charge in [-0.25, -0.2) is 8.42 Å². The molecular weight excluding hydrogens is 327 g/mol. The lowest BCUT2D eigenvalue weighted by Crippen LogP contribution is -2.57. The molecule has 2 saturated heterocycles. The maximum absolute atomic E-state index is 12.8. The quantitative estimate of drug-likeness (QED) is 0.827. The van der Waals surface area contributed by atoms with Crippen LogP contribution in [0, 0.1) is 11.8 Å². The smallest absolute Gasteiger partial charge is 0.338 e. The zero-order chi connectivity index (χ0) is 15.4. The van der Waals surface area contributed by atoms with Crippen LogP contribution in [0.25, 0.3) is 0 Å². The van der Waals surface area contributed by atoms with Crippen molar-refractivity contribution in [2.45, 2.75) is 6.18 Å². The lowest BCUT2D eigenvalue weighted by atomic mass is 9.87. The van der Waals surface area contributed by atoms with Crippen LogP contribution in [0.2, 0.25) is 0 Å². The number of hydrogen-bond donors (Lipinski definition) is 0. The number of thiophene rings is 1. The van der Waals surface area contributed by atoms with Gasteiger partial charge in [-0.05, 0) is 11.8 Å². The molecule has 2 fully saturated rings. The van der Waals surface area contributed by atoms with Crippen LogP contribution in [0.5, 0.6) is 0 Å². The molecule has 0 aliphatic carbocycles. The molecule has 0 radical (unpaired) electrons. The van der Waals surface area contributed by atoms with Gasteiger partial charge in [0.15, 0.2) is 9.84 Å². The highest BCUT2D eigenvalue weighted by Crippen LogP contribution is 2.37. The van der Waals surface area contributed by atoms with E-state index >= 15 is 0 Å². The number of carbonyl (C=O) groups is 1. The second-order valence-electron chi connectivity index (χ2n) is 5.50. The molecule has 9 heteroatoms. The largest absolute Gasteiger partial charge is 0.417 e. The van der Waals surface area contributed by atoms with E-state index in [9.17, 15) is 26.4 Å². The molecule has 0 N–H and O–H groups in total. The van der Waals surface area contributed by atoms with Crippen LogP contribution in [0.3, 0.4) is 0 Å². The van der Waals surface area contributed by atoms with Crippen LogP contribution >= 0.6 is 11.3 Å². The highest BCUT2D eigenvalue weighted by Gasteiger charge is 2.46. The molecule has 1 aromatic heterocycles. The first-order valence-corrected chi connectivity index (χ1v) is 9.07. The molecule has 4 nitrogen and oxygen atoms in total. The number of likely N-dealkylation sites (tertiary alicyclic amines) is 1. The Hall–Kier alpha value is -1.09. The van der Waals surface area contributed by atoms with Crippen molar-refractivity contribution in [2.75, 3.05) is 24.6 Å². The first kappa shape index (κ1) is 14.8. The molecule has 0 spiro atoms. The van der Waals surface area contributed by atoms with Gasteiger partial charge in [-0.1, -0.05) is 0 Å². The van der Waals surface area contributed by atoms with Crippen molar-refractivity contribution in [1.82, 2.24) is 4.90 Å². The molecule has 0 unspecified atom stereocenters. The van der Waals surface area contributed by atoms with Crippen LogP contribution in [0.1, 0.15) is 15.9 Å². The van der Waals surface area contributed by atoms with Crippen molar-refractivity contribution in [3.63, 3.8) is 0 Å². The molecule has 0 atom stereocenters. The fraction of sp³-hybridized carbons (Fsp3) is 0.583. The second-order valence-corrected chi connectivity index (χ2v) is 8.40. The van der Waals surface area contributed by atoms with Gasteiger partial charge in [0, 0.05) is 23.8 Å². The predicted octanol–water partition coefficient (Wildman–Crippen LogP) is 1.88. The molecule has 1 aromatic rings. The Morgan fingerprint density at radius 3 is 2.33 bits per heavy atom. The van der Waals surface area contributed by atoms with Crippen LogP contribution in [-0.4, -0.2) is 43.8 Å². The molecule has 3 rings (SSSR count). The average molecular weight is 339 g/mol. The highest BCUT2D eigenvalue weighted by molar-refractivity contribution is 7.92. The normalized spacial score (nSPS) is 22.7. The van der Waals surface area contributed by atoms with Gasteiger partial charge in [0.25, 0.3) is 5.91 Å². The van der Waals surface area contributed by atoms with Gasteiger partial charge < -0.3 is 4.90 Å². The zero-order valence-electron chi connectivity index (χ0n) is 10.8. The summed E-state index contributed by atoms with van der Waals surface area (Å²) < 4.78 is 60.4. The van der Waals surface area contributed by atoms with Crippen molar-refractivity contribution in [1.29, 1.82) is 0 Å². The standard InChI is InChI=1S/C12H12F3NO3S2/c13-12(14,15)10-4-20-3-9(10)11(17)16-1-7(2-16)8-5-21(18,19)6-8/h3-4,7-8H,1-2,5-6H2. The minimum Gasteiger partial charge on any atom is -0.338 e. The zero-order valence-corrected chi connectivity index (χ0v) is 12.4. The first-order valence-electron chi connectivity index (χ1n) is 6.30. The van der Waals surface area contributed by atoms with Crippen LogP contribution < -0.4 is 0 Å². The van der Waals surface area contributed by atoms with E-state index in [1.54, 1.807) is 0 Å². The van der Waals surface area contributed by atoms with Gasteiger partial charge in [0.05, 0.1) is 22.6 Å². The summed E-state index contributed by atoms with van der Waals surface area (Å²) >= 11 is 0.849. The summed E-state index contributed by atoms with van der Waals surface area (Å²) in [5.74, 6) is -0.228. The number of amides is 1. The summed E-state index contributed by atoms with van der Waals surface area (Å²) in [5, 5.41) is 2.15. The average Bonchev–Trinajstić information content (AvgIpc) is 2.72. The molecule has 2 aliphatic heterocycles. The Morgan fingerprint density at radius 2 is 1.81 bits per heavy atom. The Balaban J connectivity index is 1.63. The molecular formula is C12H12F3NO3S2. The summed E-state index contributed by atoms with van der Waals surface area (Å²) in [6.07, 6.45) is -4.53. The van der Waals surface area contributed by atoms with Gasteiger partial charge in [-0.3, -0.25) is 4.79 Å². The van der Waals surface area contributed by atoms with Gasteiger partial charge in [0.1, 0.15) is 0 Å². The van der Waals surface area contributed by atoms with E-state index in [-0.39, 0.29) is 28.9 Å². The van der Waals surface area contributed by atoms with E-state index in [0.717, 1.165) is 16.7 Å². The maximum atomic E-state index is 12.8. The lowest BCUT2D eigenvalue weighted by molar-refractivity contribution is -0.137. The molecule has 1 amide bonds. The fourth-order valence-electron chi connectivity index (χ4n) is 2.70. The Labute approximate surface area is 123 Å².